The molecule has 2 heterocycles. The van der Waals surface area contributed by atoms with Crippen molar-refractivity contribution in [2.45, 2.75) is 45.2 Å². The average Bonchev–Trinajstić information content (AvgIpc) is 2.88. The van der Waals surface area contributed by atoms with Crippen molar-refractivity contribution >= 4 is 23.8 Å². The molecule has 2 aliphatic heterocycles. The second-order valence-electron chi connectivity index (χ2n) is 6.44. The lowest BCUT2D eigenvalue weighted by atomic mass is 9.76. The Bertz CT molecular complexity index is 394. The van der Waals surface area contributed by atoms with Gasteiger partial charge in [-0.15, -0.1) is 0 Å². The summed E-state index contributed by atoms with van der Waals surface area (Å²) < 4.78 is 0. The highest BCUT2D eigenvalue weighted by molar-refractivity contribution is 7.99. The summed E-state index contributed by atoms with van der Waals surface area (Å²) in [7, 11) is 1.80. The summed E-state index contributed by atoms with van der Waals surface area (Å²) in [6, 6.07) is -0.607. The van der Waals surface area contributed by atoms with Crippen molar-refractivity contribution < 1.29 is 14.7 Å². The average molecular weight is 300 g/mol. The second-order valence-corrected chi connectivity index (χ2v) is 7.59. The number of thioether (sulfide) groups is 1. The number of hydrogen-bond acceptors (Lipinski definition) is 3. The van der Waals surface area contributed by atoms with Crippen LogP contribution in [0.2, 0.25) is 0 Å². The Morgan fingerprint density at radius 1 is 1.40 bits per heavy atom. The number of aliphatic carboxylic acids is 1. The molecule has 0 saturated carbocycles. The number of piperidine rings is 1. The zero-order chi connectivity index (χ0) is 14.9. The molecule has 2 unspecified atom stereocenters. The van der Waals surface area contributed by atoms with E-state index in [0.717, 1.165) is 30.8 Å². The summed E-state index contributed by atoms with van der Waals surface area (Å²) in [6.07, 6.45) is 2.72. The van der Waals surface area contributed by atoms with Gasteiger partial charge in [-0.2, -0.15) is 11.8 Å². The first-order valence-electron chi connectivity index (χ1n) is 7.18. The Hall–Kier alpha value is -0.910. The van der Waals surface area contributed by atoms with E-state index in [1.807, 2.05) is 25.6 Å². The number of likely N-dealkylation sites (tertiary alicyclic amines) is 1. The zero-order valence-electron chi connectivity index (χ0n) is 12.5. The monoisotopic (exact) mass is 300 g/mol. The molecule has 2 atom stereocenters. The fraction of sp³-hybridized carbons (Fsp3) is 0.857. The summed E-state index contributed by atoms with van der Waals surface area (Å²) in [4.78, 5) is 27.6. The number of amides is 2. The molecule has 20 heavy (non-hydrogen) atoms. The van der Waals surface area contributed by atoms with Crippen LogP contribution in [0.1, 0.15) is 33.1 Å². The lowest BCUT2D eigenvalue weighted by Gasteiger charge is -2.45. The molecular weight excluding hydrogens is 276 g/mol. The maximum atomic E-state index is 12.7. The van der Waals surface area contributed by atoms with Gasteiger partial charge in [-0.1, -0.05) is 13.8 Å². The minimum absolute atomic E-state index is 0.127. The molecule has 0 bridgehead atoms. The standard InChI is InChI=1S/C14H24N2O3S/c1-14(2)6-4-7-16(11(14)12(17)18)13(19)15(3)10-5-8-20-9-10/h10-11H,4-9H2,1-3H3,(H,17,18). The van der Waals surface area contributed by atoms with Crippen LogP contribution in [0.15, 0.2) is 0 Å². The third-order valence-corrected chi connectivity index (χ3v) is 5.65. The van der Waals surface area contributed by atoms with Crippen LogP contribution in [0.3, 0.4) is 0 Å². The van der Waals surface area contributed by atoms with Crippen LogP contribution in [0, 0.1) is 5.41 Å². The Kier molecular flexibility index (Phi) is 4.52. The van der Waals surface area contributed by atoms with E-state index in [1.54, 1.807) is 16.8 Å². The van der Waals surface area contributed by atoms with Crippen LogP contribution >= 0.6 is 11.8 Å². The van der Waals surface area contributed by atoms with E-state index >= 15 is 0 Å². The van der Waals surface area contributed by atoms with Crippen LogP contribution in [-0.2, 0) is 4.79 Å². The van der Waals surface area contributed by atoms with Crippen LogP contribution in [0.4, 0.5) is 4.79 Å². The van der Waals surface area contributed by atoms with Crippen LogP contribution in [-0.4, -0.2) is 64.1 Å². The van der Waals surface area contributed by atoms with Crippen LogP contribution in [0.5, 0.6) is 0 Å². The van der Waals surface area contributed by atoms with Crippen LogP contribution in [0.25, 0.3) is 0 Å². The molecule has 0 aromatic rings. The SMILES string of the molecule is CN(C(=O)N1CCCC(C)(C)C1C(=O)O)C1CCSC1. The summed E-state index contributed by atoms with van der Waals surface area (Å²) in [5.41, 5.74) is -0.370. The summed E-state index contributed by atoms with van der Waals surface area (Å²) in [5, 5.41) is 9.52. The first-order chi connectivity index (χ1) is 9.34. The van der Waals surface area contributed by atoms with Crippen molar-refractivity contribution in [1.82, 2.24) is 9.80 Å². The minimum atomic E-state index is -0.891. The number of carbonyl (C=O) groups is 2. The van der Waals surface area contributed by atoms with Gasteiger partial charge in [-0.3, -0.25) is 0 Å². The summed E-state index contributed by atoms with van der Waals surface area (Å²) in [5.74, 6) is 1.14. The first kappa shape index (κ1) is 15.5. The third kappa shape index (κ3) is 2.90. The largest absolute Gasteiger partial charge is 0.480 e. The van der Waals surface area contributed by atoms with E-state index in [9.17, 15) is 14.7 Å². The Balaban J connectivity index is 2.15. The van der Waals surface area contributed by atoms with Gasteiger partial charge < -0.3 is 14.9 Å². The van der Waals surface area contributed by atoms with Gasteiger partial charge in [0.15, 0.2) is 0 Å². The number of hydrogen-bond donors (Lipinski definition) is 1. The quantitative estimate of drug-likeness (QED) is 0.848. The van der Waals surface area contributed by atoms with Gasteiger partial charge in [-0.05, 0) is 30.4 Å². The molecule has 2 saturated heterocycles. The van der Waals surface area contributed by atoms with E-state index in [0.29, 0.717) is 6.54 Å². The molecule has 0 spiro atoms. The van der Waals surface area contributed by atoms with Gasteiger partial charge in [0.1, 0.15) is 6.04 Å². The van der Waals surface area contributed by atoms with E-state index < -0.39 is 12.0 Å². The molecule has 1 N–H and O–H groups in total. The highest BCUT2D eigenvalue weighted by Crippen LogP contribution is 2.36. The summed E-state index contributed by atoms with van der Waals surface area (Å²) in [6.45, 7) is 4.43. The van der Waals surface area contributed by atoms with Crippen molar-refractivity contribution in [2.24, 2.45) is 5.41 Å². The number of carboxylic acids is 1. The molecule has 114 valence electrons. The molecular formula is C14H24N2O3S. The normalized spacial score (nSPS) is 29.2. The number of nitrogens with zero attached hydrogens (tertiary/aromatic N) is 2. The molecule has 0 aromatic heterocycles. The Labute approximate surface area is 124 Å². The fourth-order valence-corrected chi connectivity index (χ4v) is 4.52. The molecule has 2 rings (SSSR count). The Morgan fingerprint density at radius 2 is 2.10 bits per heavy atom. The molecule has 2 fully saturated rings. The highest BCUT2D eigenvalue weighted by atomic mass is 32.2. The van der Waals surface area contributed by atoms with E-state index in [2.05, 4.69) is 0 Å². The second kappa shape index (κ2) is 5.84. The third-order valence-electron chi connectivity index (χ3n) is 4.51. The van der Waals surface area contributed by atoms with Gasteiger partial charge in [0.05, 0.1) is 0 Å². The number of rotatable bonds is 2. The predicted molar refractivity (Wildman–Crippen MR) is 80.0 cm³/mol. The number of carboxylic acid groups (broad SMARTS) is 1. The molecule has 5 nitrogen and oxygen atoms in total. The lowest BCUT2D eigenvalue weighted by Crippen LogP contribution is -2.60. The van der Waals surface area contributed by atoms with Crippen molar-refractivity contribution in [3.63, 3.8) is 0 Å². The fourth-order valence-electron chi connectivity index (χ4n) is 3.25. The molecule has 0 aromatic carbocycles. The molecule has 6 heteroatoms. The van der Waals surface area contributed by atoms with Gasteiger partial charge >= 0.3 is 12.0 Å². The van der Waals surface area contributed by atoms with E-state index in [4.69, 9.17) is 0 Å². The highest BCUT2D eigenvalue weighted by Gasteiger charge is 2.45. The van der Waals surface area contributed by atoms with Gasteiger partial charge in [0.25, 0.3) is 0 Å². The van der Waals surface area contributed by atoms with Gasteiger partial charge in [-0.25, -0.2) is 9.59 Å². The van der Waals surface area contributed by atoms with Crippen molar-refractivity contribution in [2.75, 3.05) is 25.1 Å². The van der Waals surface area contributed by atoms with Crippen LogP contribution < -0.4 is 0 Å². The van der Waals surface area contributed by atoms with Crippen molar-refractivity contribution in [1.29, 1.82) is 0 Å². The minimum Gasteiger partial charge on any atom is -0.480 e. The van der Waals surface area contributed by atoms with Crippen molar-refractivity contribution in [3.8, 4) is 0 Å². The maximum Gasteiger partial charge on any atom is 0.327 e. The van der Waals surface area contributed by atoms with E-state index in [1.165, 1.54) is 0 Å². The lowest BCUT2D eigenvalue weighted by molar-refractivity contribution is -0.148. The van der Waals surface area contributed by atoms with Gasteiger partial charge in [0, 0.05) is 25.4 Å². The molecule has 2 amide bonds. The first-order valence-corrected chi connectivity index (χ1v) is 8.34. The van der Waals surface area contributed by atoms with E-state index in [-0.39, 0.29) is 17.5 Å². The predicted octanol–water partition coefficient (Wildman–Crippen LogP) is 2.12. The topological polar surface area (TPSA) is 60.9 Å². The van der Waals surface area contributed by atoms with Crippen molar-refractivity contribution in [3.05, 3.63) is 0 Å². The summed E-state index contributed by atoms with van der Waals surface area (Å²) >= 11 is 1.85. The molecule has 0 radical (unpaired) electrons. The Morgan fingerprint density at radius 3 is 2.65 bits per heavy atom. The zero-order valence-corrected chi connectivity index (χ0v) is 13.3. The smallest absolute Gasteiger partial charge is 0.327 e. The molecule has 0 aliphatic carbocycles. The number of carbonyl (C=O) groups excluding carboxylic acids is 1. The number of urea groups is 1. The maximum absolute atomic E-state index is 12.7. The van der Waals surface area contributed by atoms with Gasteiger partial charge in [0.2, 0.25) is 0 Å². The molecule has 2 aliphatic rings.